The molecular weight excluding hydrogens is 270 g/mol. The molecule has 106 valence electrons. The van der Waals surface area contributed by atoms with Gasteiger partial charge in [-0.1, -0.05) is 36.4 Å². The van der Waals surface area contributed by atoms with Crippen LogP contribution < -0.4 is 5.63 Å². The monoisotopic (exact) mass is 283 g/mol. The number of ketones is 1. The molecule has 2 aromatic rings. The lowest BCUT2D eigenvalue weighted by atomic mass is 10.1. The molecule has 1 aromatic carbocycles. The topological polar surface area (TPSA) is 91.4 Å². The standard InChI is InChI=1S/C16H13NO4/c1-10(17)12-9-13(16(20)21-15(12)19)14(18)8-7-11-5-3-2-4-6-11/h2-9,17,20H,1H3. The maximum Gasteiger partial charge on any atom is 0.347 e. The van der Waals surface area contributed by atoms with Crippen LogP contribution in [0, 0.1) is 5.41 Å². The Morgan fingerprint density at radius 2 is 1.90 bits per heavy atom. The first-order valence-corrected chi connectivity index (χ1v) is 6.19. The van der Waals surface area contributed by atoms with Gasteiger partial charge in [-0.15, -0.1) is 0 Å². The number of hydrogen-bond acceptors (Lipinski definition) is 5. The maximum atomic E-state index is 12.0. The van der Waals surface area contributed by atoms with Crippen molar-refractivity contribution in [2.24, 2.45) is 0 Å². The number of carbonyl (C=O) groups excluding carboxylic acids is 1. The van der Waals surface area contributed by atoms with Crippen LogP contribution in [0.25, 0.3) is 6.08 Å². The predicted molar refractivity (Wildman–Crippen MR) is 79.0 cm³/mol. The van der Waals surface area contributed by atoms with Crippen LogP contribution in [0.15, 0.2) is 51.7 Å². The molecule has 0 amide bonds. The lowest BCUT2D eigenvalue weighted by Gasteiger charge is -2.02. The first-order valence-electron chi connectivity index (χ1n) is 6.19. The largest absolute Gasteiger partial charge is 0.480 e. The molecule has 0 aliphatic rings. The normalized spacial score (nSPS) is 10.7. The molecule has 0 atom stereocenters. The Balaban J connectivity index is 2.36. The van der Waals surface area contributed by atoms with E-state index < -0.39 is 17.4 Å². The van der Waals surface area contributed by atoms with Gasteiger partial charge in [-0.2, -0.15) is 0 Å². The molecule has 0 saturated carbocycles. The van der Waals surface area contributed by atoms with Crippen LogP contribution in [-0.2, 0) is 0 Å². The van der Waals surface area contributed by atoms with Crippen LogP contribution in [-0.4, -0.2) is 16.6 Å². The third-order valence-corrected chi connectivity index (χ3v) is 2.82. The second kappa shape index (κ2) is 6.00. The summed E-state index contributed by atoms with van der Waals surface area (Å²) in [7, 11) is 0. The summed E-state index contributed by atoms with van der Waals surface area (Å²) in [6, 6.07) is 10.3. The molecule has 0 fully saturated rings. The van der Waals surface area contributed by atoms with Gasteiger partial charge in [-0.3, -0.25) is 4.79 Å². The maximum absolute atomic E-state index is 12.0. The Kier molecular flexibility index (Phi) is 4.13. The van der Waals surface area contributed by atoms with Crippen LogP contribution in [0.5, 0.6) is 5.95 Å². The molecule has 2 rings (SSSR count). The summed E-state index contributed by atoms with van der Waals surface area (Å²) >= 11 is 0. The molecule has 0 bridgehead atoms. The van der Waals surface area contributed by atoms with Crippen molar-refractivity contribution < 1.29 is 14.3 Å². The highest BCUT2D eigenvalue weighted by atomic mass is 16.5. The number of benzene rings is 1. The summed E-state index contributed by atoms with van der Waals surface area (Å²) in [4.78, 5) is 23.5. The zero-order valence-electron chi connectivity index (χ0n) is 11.3. The molecule has 2 N–H and O–H groups in total. The van der Waals surface area contributed by atoms with Gasteiger partial charge in [0, 0.05) is 5.71 Å². The zero-order valence-corrected chi connectivity index (χ0v) is 11.3. The van der Waals surface area contributed by atoms with Crippen LogP contribution in [0.3, 0.4) is 0 Å². The lowest BCUT2D eigenvalue weighted by Crippen LogP contribution is -2.13. The van der Waals surface area contributed by atoms with Crippen molar-refractivity contribution in [1.82, 2.24) is 0 Å². The van der Waals surface area contributed by atoms with Crippen molar-refractivity contribution in [2.45, 2.75) is 6.92 Å². The molecule has 0 radical (unpaired) electrons. The molecule has 0 aliphatic carbocycles. The van der Waals surface area contributed by atoms with Crippen molar-refractivity contribution in [3.63, 3.8) is 0 Å². The van der Waals surface area contributed by atoms with Gasteiger partial charge in [0.2, 0.25) is 0 Å². The van der Waals surface area contributed by atoms with Gasteiger partial charge in [0.1, 0.15) is 5.56 Å². The van der Waals surface area contributed by atoms with E-state index in [-0.39, 0.29) is 16.8 Å². The number of rotatable bonds is 4. The molecule has 1 heterocycles. The summed E-state index contributed by atoms with van der Waals surface area (Å²) in [5.41, 5.74) is -0.257. The smallest absolute Gasteiger partial charge is 0.347 e. The van der Waals surface area contributed by atoms with Gasteiger partial charge >= 0.3 is 5.63 Å². The van der Waals surface area contributed by atoms with Crippen LogP contribution in [0.2, 0.25) is 0 Å². The first kappa shape index (κ1) is 14.5. The molecule has 1 aromatic heterocycles. The number of hydrogen-bond donors (Lipinski definition) is 2. The van der Waals surface area contributed by atoms with E-state index in [4.69, 9.17) is 5.41 Å². The van der Waals surface area contributed by atoms with E-state index in [9.17, 15) is 14.7 Å². The van der Waals surface area contributed by atoms with E-state index in [0.29, 0.717) is 0 Å². The molecule has 21 heavy (non-hydrogen) atoms. The Labute approximate surface area is 120 Å². The third kappa shape index (κ3) is 3.33. The number of nitrogens with one attached hydrogen (secondary N) is 1. The van der Waals surface area contributed by atoms with Crippen molar-refractivity contribution in [3.05, 3.63) is 69.6 Å². The second-order valence-electron chi connectivity index (χ2n) is 4.40. The lowest BCUT2D eigenvalue weighted by molar-refractivity contribution is 0.104. The predicted octanol–water partition coefficient (Wildman–Crippen LogP) is 2.63. The number of carbonyl (C=O) groups is 1. The summed E-state index contributed by atoms with van der Waals surface area (Å²) in [5.74, 6) is -1.25. The van der Waals surface area contributed by atoms with E-state index in [0.717, 1.165) is 5.56 Å². The Hall–Kier alpha value is -2.95. The van der Waals surface area contributed by atoms with Crippen molar-refractivity contribution in [1.29, 1.82) is 5.41 Å². The Morgan fingerprint density at radius 3 is 2.52 bits per heavy atom. The zero-order chi connectivity index (χ0) is 15.4. The molecule has 0 unspecified atom stereocenters. The molecular formula is C16H13NO4. The fraction of sp³-hybridized carbons (Fsp3) is 0.0625. The van der Waals surface area contributed by atoms with Gasteiger partial charge in [0.15, 0.2) is 5.78 Å². The van der Waals surface area contributed by atoms with Gasteiger partial charge in [0.25, 0.3) is 5.95 Å². The second-order valence-corrected chi connectivity index (χ2v) is 4.40. The van der Waals surface area contributed by atoms with Gasteiger partial charge in [-0.05, 0) is 24.6 Å². The van der Waals surface area contributed by atoms with E-state index in [1.54, 1.807) is 6.08 Å². The van der Waals surface area contributed by atoms with Crippen LogP contribution in [0.1, 0.15) is 28.4 Å². The van der Waals surface area contributed by atoms with Crippen molar-refractivity contribution >= 4 is 17.6 Å². The highest BCUT2D eigenvalue weighted by molar-refractivity contribution is 6.09. The van der Waals surface area contributed by atoms with Gasteiger partial charge in [0.05, 0.1) is 5.56 Å². The minimum atomic E-state index is -0.844. The summed E-state index contributed by atoms with van der Waals surface area (Å²) in [6.07, 6.45) is 2.86. The van der Waals surface area contributed by atoms with E-state index >= 15 is 0 Å². The van der Waals surface area contributed by atoms with E-state index in [2.05, 4.69) is 4.42 Å². The fourth-order valence-electron chi connectivity index (χ4n) is 1.73. The highest BCUT2D eigenvalue weighted by Crippen LogP contribution is 2.17. The minimum Gasteiger partial charge on any atom is -0.480 e. The van der Waals surface area contributed by atoms with Crippen molar-refractivity contribution in [3.8, 4) is 5.95 Å². The van der Waals surface area contributed by atoms with Gasteiger partial charge < -0.3 is 14.9 Å². The van der Waals surface area contributed by atoms with E-state index in [1.807, 2.05) is 30.3 Å². The van der Waals surface area contributed by atoms with E-state index in [1.165, 1.54) is 19.1 Å². The molecule has 5 heteroatoms. The summed E-state index contributed by atoms with van der Waals surface area (Å²) < 4.78 is 4.58. The molecule has 5 nitrogen and oxygen atoms in total. The van der Waals surface area contributed by atoms with Gasteiger partial charge in [-0.25, -0.2) is 4.79 Å². The SMILES string of the molecule is CC(=N)c1cc(C(=O)C=Cc2ccccc2)c(O)oc1=O. The molecule has 0 aliphatic heterocycles. The number of allylic oxidation sites excluding steroid dienone is 1. The Morgan fingerprint density at radius 1 is 1.24 bits per heavy atom. The van der Waals surface area contributed by atoms with Crippen LogP contribution in [0.4, 0.5) is 0 Å². The average molecular weight is 283 g/mol. The Bertz CT molecular complexity index is 773. The first-order chi connectivity index (χ1) is 9.99. The molecule has 0 spiro atoms. The molecule has 0 saturated heterocycles. The summed E-state index contributed by atoms with van der Waals surface area (Å²) in [5, 5.41) is 17.0. The number of aromatic hydroxyl groups is 1. The highest BCUT2D eigenvalue weighted by Gasteiger charge is 2.16. The van der Waals surface area contributed by atoms with Crippen LogP contribution >= 0.6 is 0 Å². The third-order valence-electron chi connectivity index (χ3n) is 2.82. The van der Waals surface area contributed by atoms with Crippen molar-refractivity contribution in [2.75, 3.05) is 0 Å². The summed E-state index contributed by atoms with van der Waals surface area (Å²) in [6.45, 7) is 1.40. The quantitative estimate of drug-likeness (QED) is 0.512. The fourth-order valence-corrected chi connectivity index (χ4v) is 1.73. The minimum absolute atomic E-state index is 0.0372. The average Bonchev–Trinajstić information content (AvgIpc) is 2.45.